The standard InChI is InChI=1S/C10H11IO/c1-2-5-10(12)8-6-3-4-7-9(8)11/h3-4,6-7H,2,5H2,1H3. The highest BCUT2D eigenvalue weighted by Gasteiger charge is 2.06. The highest BCUT2D eigenvalue weighted by Crippen LogP contribution is 2.13. The molecule has 0 aliphatic carbocycles. The van der Waals surface area contributed by atoms with Gasteiger partial charge in [0.15, 0.2) is 5.78 Å². The molecule has 0 fully saturated rings. The van der Waals surface area contributed by atoms with Crippen molar-refractivity contribution in [1.29, 1.82) is 0 Å². The summed E-state index contributed by atoms with van der Waals surface area (Å²) in [5, 5.41) is 0. The van der Waals surface area contributed by atoms with E-state index in [4.69, 9.17) is 0 Å². The van der Waals surface area contributed by atoms with Crippen molar-refractivity contribution in [3.8, 4) is 0 Å². The van der Waals surface area contributed by atoms with Crippen molar-refractivity contribution in [2.75, 3.05) is 0 Å². The fourth-order valence-corrected chi connectivity index (χ4v) is 1.74. The van der Waals surface area contributed by atoms with Gasteiger partial charge in [0.05, 0.1) is 0 Å². The van der Waals surface area contributed by atoms with E-state index in [1.165, 1.54) is 0 Å². The summed E-state index contributed by atoms with van der Waals surface area (Å²) in [7, 11) is 0. The van der Waals surface area contributed by atoms with E-state index >= 15 is 0 Å². The van der Waals surface area contributed by atoms with Crippen LogP contribution < -0.4 is 0 Å². The van der Waals surface area contributed by atoms with Crippen LogP contribution in [0.2, 0.25) is 0 Å². The molecule has 0 radical (unpaired) electrons. The minimum Gasteiger partial charge on any atom is -0.294 e. The Labute approximate surface area is 86.3 Å². The van der Waals surface area contributed by atoms with Gasteiger partial charge in [-0.3, -0.25) is 4.79 Å². The number of hydrogen-bond acceptors (Lipinski definition) is 1. The molecule has 0 saturated heterocycles. The van der Waals surface area contributed by atoms with Crippen molar-refractivity contribution >= 4 is 28.4 Å². The van der Waals surface area contributed by atoms with E-state index in [0.29, 0.717) is 6.42 Å². The Morgan fingerprint density at radius 2 is 2.08 bits per heavy atom. The van der Waals surface area contributed by atoms with Gasteiger partial charge in [0.25, 0.3) is 0 Å². The van der Waals surface area contributed by atoms with Gasteiger partial charge in [-0.2, -0.15) is 0 Å². The Morgan fingerprint density at radius 3 is 2.67 bits per heavy atom. The lowest BCUT2D eigenvalue weighted by atomic mass is 10.1. The number of Topliss-reactive ketones (excluding diaryl/α,β-unsaturated/α-hetero) is 1. The van der Waals surface area contributed by atoms with Gasteiger partial charge in [-0.25, -0.2) is 0 Å². The maximum absolute atomic E-state index is 11.5. The summed E-state index contributed by atoms with van der Waals surface area (Å²) in [4.78, 5) is 11.5. The second kappa shape index (κ2) is 4.60. The molecule has 0 bridgehead atoms. The van der Waals surface area contributed by atoms with Crippen LogP contribution in [0.1, 0.15) is 30.1 Å². The number of carbonyl (C=O) groups excluding carboxylic acids is 1. The molecular formula is C10H11IO. The van der Waals surface area contributed by atoms with E-state index in [-0.39, 0.29) is 5.78 Å². The van der Waals surface area contributed by atoms with E-state index < -0.39 is 0 Å². The highest BCUT2D eigenvalue weighted by molar-refractivity contribution is 14.1. The summed E-state index contributed by atoms with van der Waals surface area (Å²) < 4.78 is 1.05. The summed E-state index contributed by atoms with van der Waals surface area (Å²) in [5.41, 5.74) is 0.861. The van der Waals surface area contributed by atoms with Crippen LogP contribution >= 0.6 is 22.6 Å². The zero-order valence-corrected chi connectivity index (χ0v) is 9.17. The molecule has 1 aromatic rings. The first-order valence-corrected chi connectivity index (χ1v) is 5.11. The highest BCUT2D eigenvalue weighted by atomic mass is 127. The van der Waals surface area contributed by atoms with Gasteiger partial charge in [0, 0.05) is 15.6 Å². The molecule has 0 aliphatic rings. The molecule has 0 heterocycles. The Bertz CT molecular complexity index is 281. The molecule has 0 atom stereocenters. The van der Waals surface area contributed by atoms with E-state index in [1.807, 2.05) is 31.2 Å². The van der Waals surface area contributed by atoms with Gasteiger partial charge >= 0.3 is 0 Å². The SMILES string of the molecule is CCCC(=O)c1ccccc1I. The Balaban J connectivity index is 2.87. The van der Waals surface area contributed by atoms with Gasteiger partial charge in [-0.1, -0.05) is 25.1 Å². The van der Waals surface area contributed by atoms with Crippen molar-refractivity contribution < 1.29 is 4.79 Å². The molecule has 0 N–H and O–H groups in total. The minimum atomic E-state index is 0.252. The number of benzene rings is 1. The van der Waals surface area contributed by atoms with Crippen LogP contribution in [0.25, 0.3) is 0 Å². The largest absolute Gasteiger partial charge is 0.294 e. The first-order valence-electron chi connectivity index (χ1n) is 4.03. The summed E-state index contributed by atoms with van der Waals surface area (Å²) >= 11 is 2.19. The molecule has 1 nitrogen and oxygen atoms in total. The average Bonchev–Trinajstić information content (AvgIpc) is 2.05. The molecular weight excluding hydrogens is 263 g/mol. The summed E-state index contributed by atoms with van der Waals surface area (Å²) in [5.74, 6) is 0.252. The zero-order valence-electron chi connectivity index (χ0n) is 7.01. The third-order valence-corrected chi connectivity index (χ3v) is 2.59. The van der Waals surface area contributed by atoms with E-state index in [0.717, 1.165) is 15.6 Å². The van der Waals surface area contributed by atoms with Crippen LogP contribution in [0, 0.1) is 3.57 Å². The minimum absolute atomic E-state index is 0.252. The van der Waals surface area contributed by atoms with Gasteiger partial charge in [0.2, 0.25) is 0 Å². The van der Waals surface area contributed by atoms with E-state index in [9.17, 15) is 4.79 Å². The van der Waals surface area contributed by atoms with Crippen LogP contribution in [-0.4, -0.2) is 5.78 Å². The molecule has 12 heavy (non-hydrogen) atoms. The van der Waals surface area contributed by atoms with Crippen LogP contribution in [0.5, 0.6) is 0 Å². The predicted molar refractivity (Wildman–Crippen MR) is 58.4 cm³/mol. The van der Waals surface area contributed by atoms with Gasteiger partial charge in [-0.05, 0) is 35.1 Å². The van der Waals surface area contributed by atoms with Gasteiger partial charge in [-0.15, -0.1) is 0 Å². The van der Waals surface area contributed by atoms with Crippen molar-refractivity contribution in [1.82, 2.24) is 0 Å². The molecule has 0 unspecified atom stereocenters. The average molecular weight is 274 g/mol. The lowest BCUT2D eigenvalue weighted by molar-refractivity contribution is 0.0981. The van der Waals surface area contributed by atoms with Crippen LogP contribution in [0.15, 0.2) is 24.3 Å². The van der Waals surface area contributed by atoms with Crippen molar-refractivity contribution in [2.45, 2.75) is 19.8 Å². The second-order valence-corrected chi connectivity index (χ2v) is 3.82. The Hall–Kier alpha value is -0.380. The molecule has 1 rings (SSSR count). The Kier molecular flexibility index (Phi) is 3.72. The normalized spacial score (nSPS) is 9.83. The first kappa shape index (κ1) is 9.71. The molecule has 0 amide bonds. The molecule has 1 aromatic carbocycles. The molecule has 0 saturated carbocycles. The predicted octanol–water partition coefficient (Wildman–Crippen LogP) is 3.27. The molecule has 0 aliphatic heterocycles. The van der Waals surface area contributed by atoms with Crippen molar-refractivity contribution in [3.63, 3.8) is 0 Å². The maximum atomic E-state index is 11.5. The quantitative estimate of drug-likeness (QED) is 0.610. The number of rotatable bonds is 3. The molecule has 2 heteroatoms. The number of ketones is 1. The number of halogens is 1. The lowest BCUT2D eigenvalue weighted by Crippen LogP contribution is -2.00. The summed E-state index contributed by atoms with van der Waals surface area (Å²) in [6.07, 6.45) is 1.57. The summed E-state index contributed by atoms with van der Waals surface area (Å²) in [6, 6.07) is 7.71. The maximum Gasteiger partial charge on any atom is 0.163 e. The van der Waals surface area contributed by atoms with Gasteiger partial charge in [0.1, 0.15) is 0 Å². The first-order chi connectivity index (χ1) is 5.75. The Morgan fingerprint density at radius 1 is 1.42 bits per heavy atom. The number of carbonyl (C=O) groups is 1. The summed E-state index contributed by atoms with van der Waals surface area (Å²) in [6.45, 7) is 2.02. The smallest absolute Gasteiger partial charge is 0.163 e. The van der Waals surface area contributed by atoms with Crippen LogP contribution in [-0.2, 0) is 0 Å². The molecule has 0 aromatic heterocycles. The number of hydrogen-bond donors (Lipinski definition) is 0. The second-order valence-electron chi connectivity index (χ2n) is 2.65. The molecule has 64 valence electrons. The zero-order chi connectivity index (χ0) is 8.97. The van der Waals surface area contributed by atoms with Crippen molar-refractivity contribution in [3.05, 3.63) is 33.4 Å². The third-order valence-electron chi connectivity index (χ3n) is 1.65. The van der Waals surface area contributed by atoms with Crippen molar-refractivity contribution in [2.24, 2.45) is 0 Å². The van der Waals surface area contributed by atoms with E-state index in [1.54, 1.807) is 0 Å². The topological polar surface area (TPSA) is 17.1 Å². The molecule has 0 spiro atoms. The van der Waals surface area contributed by atoms with Crippen LogP contribution in [0.4, 0.5) is 0 Å². The lowest BCUT2D eigenvalue weighted by Gasteiger charge is -2.00. The fraction of sp³-hybridized carbons (Fsp3) is 0.300. The van der Waals surface area contributed by atoms with Gasteiger partial charge < -0.3 is 0 Å². The fourth-order valence-electron chi connectivity index (χ4n) is 1.05. The monoisotopic (exact) mass is 274 g/mol. The third kappa shape index (κ3) is 2.30. The van der Waals surface area contributed by atoms with E-state index in [2.05, 4.69) is 22.6 Å². The van der Waals surface area contributed by atoms with Crippen LogP contribution in [0.3, 0.4) is 0 Å².